The molecular formula is C26H31NO3. The van der Waals surface area contributed by atoms with Gasteiger partial charge in [0.05, 0.1) is 17.9 Å². The summed E-state index contributed by atoms with van der Waals surface area (Å²) in [6, 6.07) is 12.0. The number of hydrogen-bond acceptors (Lipinski definition) is 3. The van der Waals surface area contributed by atoms with Gasteiger partial charge in [-0.3, -0.25) is 4.79 Å². The van der Waals surface area contributed by atoms with Gasteiger partial charge in [-0.2, -0.15) is 0 Å². The Morgan fingerprint density at radius 3 is 2.43 bits per heavy atom. The predicted molar refractivity (Wildman–Crippen MR) is 123 cm³/mol. The van der Waals surface area contributed by atoms with Crippen LogP contribution in [0.3, 0.4) is 0 Å². The molecule has 1 aliphatic rings. The lowest BCUT2D eigenvalue weighted by atomic mass is 9.68. The third-order valence-electron chi connectivity index (χ3n) is 5.73. The number of carbonyl (C=O) groups excluding carboxylic acids is 2. The van der Waals surface area contributed by atoms with Crippen LogP contribution in [-0.2, 0) is 14.9 Å². The lowest BCUT2D eigenvalue weighted by Crippen LogP contribution is -2.25. The molecule has 158 valence electrons. The average Bonchev–Trinajstić information content (AvgIpc) is 2.67. The van der Waals surface area contributed by atoms with Gasteiger partial charge in [0.1, 0.15) is 0 Å². The molecule has 30 heavy (non-hydrogen) atoms. The Balaban J connectivity index is 2.12. The third-order valence-corrected chi connectivity index (χ3v) is 5.73. The molecule has 2 aromatic carbocycles. The van der Waals surface area contributed by atoms with Crippen molar-refractivity contribution < 1.29 is 14.3 Å². The fraction of sp³-hybridized carbons (Fsp3) is 0.385. The van der Waals surface area contributed by atoms with Crippen LogP contribution in [0.1, 0.15) is 69.4 Å². The van der Waals surface area contributed by atoms with E-state index >= 15 is 0 Å². The van der Waals surface area contributed by atoms with Gasteiger partial charge in [-0.05, 0) is 70.2 Å². The first-order chi connectivity index (χ1) is 14.1. The zero-order valence-electron chi connectivity index (χ0n) is 18.8. The van der Waals surface area contributed by atoms with Crippen molar-refractivity contribution in [3.05, 3.63) is 59.2 Å². The van der Waals surface area contributed by atoms with E-state index in [1.54, 1.807) is 13.0 Å². The number of anilines is 1. The smallest absolute Gasteiger partial charge is 0.340 e. The number of esters is 1. The van der Waals surface area contributed by atoms with Crippen LogP contribution in [0, 0.1) is 5.41 Å². The molecule has 0 saturated heterocycles. The van der Waals surface area contributed by atoms with Crippen LogP contribution in [-0.4, -0.2) is 19.0 Å². The van der Waals surface area contributed by atoms with E-state index in [1.165, 1.54) is 16.7 Å². The summed E-state index contributed by atoms with van der Waals surface area (Å²) in [6.45, 7) is 13.3. The van der Waals surface area contributed by atoms with Gasteiger partial charge in [-0.1, -0.05) is 58.9 Å². The lowest BCUT2D eigenvalue weighted by Gasteiger charge is -2.37. The van der Waals surface area contributed by atoms with E-state index in [0.717, 1.165) is 17.5 Å². The van der Waals surface area contributed by atoms with Crippen molar-refractivity contribution in [2.24, 2.45) is 5.41 Å². The van der Waals surface area contributed by atoms with E-state index in [1.807, 2.05) is 12.1 Å². The number of carbonyl (C=O) groups is 2. The quantitative estimate of drug-likeness (QED) is 0.475. The number of nitrogens with one attached hydrogen (secondary N) is 1. The molecule has 3 rings (SSSR count). The number of ether oxygens (including phenoxy) is 1. The molecule has 0 heterocycles. The molecule has 0 fully saturated rings. The first-order valence-electron chi connectivity index (χ1n) is 10.5. The molecule has 0 aromatic heterocycles. The van der Waals surface area contributed by atoms with Crippen molar-refractivity contribution in [1.29, 1.82) is 0 Å². The molecule has 1 amide bonds. The van der Waals surface area contributed by atoms with Crippen LogP contribution in [0.5, 0.6) is 0 Å². The summed E-state index contributed by atoms with van der Waals surface area (Å²) in [5.41, 5.74) is 6.89. The molecule has 0 aliphatic heterocycles. The van der Waals surface area contributed by atoms with E-state index in [0.29, 0.717) is 17.7 Å². The van der Waals surface area contributed by atoms with Gasteiger partial charge >= 0.3 is 5.97 Å². The summed E-state index contributed by atoms with van der Waals surface area (Å²) in [7, 11) is 0. The fourth-order valence-corrected chi connectivity index (χ4v) is 4.12. The van der Waals surface area contributed by atoms with Gasteiger partial charge in [0, 0.05) is 0 Å². The van der Waals surface area contributed by atoms with E-state index < -0.39 is 5.97 Å². The van der Waals surface area contributed by atoms with Crippen LogP contribution >= 0.6 is 0 Å². The van der Waals surface area contributed by atoms with Crippen molar-refractivity contribution >= 4 is 23.6 Å². The van der Waals surface area contributed by atoms with Crippen molar-refractivity contribution in [3.8, 4) is 11.1 Å². The number of benzene rings is 2. The molecule has 0 bridgehead atoms. The maximum absolute atomic E-state index is 12.2. The normalized spacial score (nSPS) is 15.1. The van der Waals surface area contributed by atoms with E-state index in [2.05, 4.69) is 64.2 Å². The van der Waals surface area contributed by atoms with E-state index in [9.17, 15) is 9.59 Å². The Morgan fingerprint density at radius 2 is 1.80 bits per heavy atom. The monoisotopic (exact) mass is 405 g/mol. The highest BCUT2D eigenvalue weighted by Crippen LogP contribution is 2.46. The van der Waals surface area contributed by atoms with Crippen LogP contribution in [0.25, 0.3) is 16.7 Å². The Kier molecular flexibility index (Phi) is 5.89. The third kappa shape index (κ3) is 4.18. The second kappa shape index (κ2) is 8.10. The molecule has 0 radical (unpaired) electrons. The number of amides is 1. The zero-order valence-corrected chi connectivity index (χ0v) is 18.8. The Bertz CT molecular complexity index is 1010. The minimum atomic E-state index is -0.446. The largest absolute Gasteiger partial charge is 0.462 e. The van der Waals surface area contributed by atoms with E-state index in [-0.39, 0.29) is 17.4 Å². The number of rotatable bonds is 5. The topological polar surface area (TPSA) is 55.4 Å². The fourth-order valence-electron chi connectivity index (χ4n) is 4.12. The standard InChI is InChI=1S/C26H31NO3/c1-7-30-24(29)19-10-8-18(15-23(19)27-16-28)17-9-11-22-20(14-17)21(25(2,3)4)12-13-26(22,5)6/h8-12,14-16H,7,13H2,1-6H3,(H,27,28). The van der Waals surface area contributed by atoms with Crippen molar-refractivity contribution in [1.82, 2.24) is 0 Å². The minimum Gasteiger partial charge on any atom is -0.462 e. The SMILES string of the molecule is CCOC(=O)c1ccc(-c2ccc3c(c2)C(C(C)(C)C)=CCC3(C)C)cc1NC=O. The zero-order chi connectivity index (χ0) is 22.1. The summed E-state index contributed by atoms with van der Waals surface area (Å²) >= 11 is 0. The highest BCUT2D eigenvalue weighted by Gasteiger charge is 2.32. The Labute approximate surface area is 179 Å². The number of hydrogen-bond donors (Lipinski definition) is 1. The lowest BCUT2D eigenvalue weighted by molar-refractivity contribution is -0.105. The van der Waals surface area contributed by atoms with Gasteiger partial charge in [0.15, 0.2) is 0 Å². The highest BCUT2D eigenvalue weighted by atomic mass is 16.5. The summed E-state index contributed by atoms with van der Waals surface area (Å²) in [5, 5.41) is 2.64. The maximum Gasteiger partial charge on any atom is 0.340 e. The molecular weight excluding hydrogens is 374 g/mol. The first-order valence-corrected chi connectivity index (χ1v) is 10.5. The summed E-state index contributed by atoms with van der Waals surface area (Å²) < 4.78 is 5.11. The summed E-state index contributed by atoms with van der Waals surface area (Å²) in [4.78, 5) is 23.3. The minimum absolute atomic E-state index is 0.0435. The molecule has 1 N–H and O–H groups in total. The second-order valence-electron chi connectivity index (χ2n) is 9.46. The Morgan fingerprint density at radius 1 is 1.13 bits per heavy atom. The number of fused-ring (bicyclic) bond motifs is 1. The van der Waals surface area contributed by atoms with Gasteiger partial charge in [0.2, 0.25) is 6.41 Å². The second-order valence-corrected chi connectivity index (χ2v) is 9.46. The molecule has 1 aliphatic carbocycles. The van der Waals surface area contributed by atoms with Gasteiger partial charge in [-0.15, -0.1) is 0 Å². The predicted octanol–water partition coefficient (Wildman–Crippen LogP) is 6.21. The maximum atomic E-state index is 12.2. The van der Waals surface area contributed by atoms with Crippen molar-refractivity contribution in [2.75, 3.05) is 11.9 Å². The first kappa shape index (κ1) is 21.8. The molecule has 0 unspecified atom stereocenters. The van der Waals surface area contributed by atoms with Crippen LogP contribution < -0.4 is 5.32 Å². The number of allylic oxidation sites excluding steroid dienone is 2. The highest BCUT2D eigenvalue weighted by molar-refractivity contribution is 5.99. The van der Waals surface area contributed by atoms with Gasteiger partial charge in [-0.25, -0.2) is 4.79 Å². The van der Waals surface area contributed by atoms with Gasteiger partial charge in [0.25, 0.3) is 0 Å². The molecule has 0 saturated carbocycles. The molecule has 4 nitrogen and oxygen atoms in total. The van der Waals surface area contributed by atoms with Crippen molar-refractivity contribution in [3.63, 3.8) is 0 Å². The molecule has 4 heteroatoms. The average molecular weight is 406 g/mol. The van der Waals surface area contributed by atoms with Crippen LogP contribution in [0.15, 0.2) is 42.5 Å². The Hall–Kier alpha value is -2.88. The summed E-state index contributed by atoms with van der Waals surface area (Å²) in [5.74, 6) is -0.446. The summed E-state index contributed by atoms with van der Waals surface area (Å²) in [6.07, 6.45) is 3.97. The van der Waals surface area contributed by atoms with Crippen molar-refractivity contribution in [2.45, 2.75) is 53.4 Å². The molecule has 0 atom stereocenters. The molecule has 0 spiro atoms. The van der Waals surface area contributed by atoms with Crippen LogP contribution in [0.4, 0.5) is 5.69 Å². The van der Waals surface area contributed by atoms with Gasteiger partial charge < -0.3 is 10.1 Å². The molecule has 2 aromatic rings. The van der Waals surface area contributed by atoms with E-state index in [4.69, 9.17) is 4.74 Å². The van der Waals surface area contributed by atoms with Crippen LogP contribution in [0.2, 0.25) is 0 Å².